The molecule has 1 heterocycles. The van der Waals surface area contributed by atoms with Gasteiger partial charge in [-0.05, 0) is 29.5 Å². The molecule has 2 nitrogen and oxygen atoms in total. The average molecular weight is 258 g/mol. The Kier molecular flexibility index (Phi) is 3.81. The lowest BCUT2D eigenvalue weighted by molar-refractivity contribution is 0.147. The molecule has 2 aromatic rings. The van der Waals surface area contributed by atoms with E-state index in [0.29, 0.717) is 12.2 Å². The van der Waals surface area contributed by atoms with E-state index in [9.17, 15) is 5.11 Å². The van der Waals surface area contributed by atoms with Crippen LogP contribution in [0.25, 0.3) is 11.3 Å². The van der Waals surface area contributed by atoms with Crippen molar-refractivity contribution in [3.63, 3.8) is 0 Å². The maximum Gasteiger partial charge on any atom is 0.134 e. The standard InChI is InChI=1S/C17H22O2/c1-5-14(18)16-11-10-15(19-16)12-8-6-7-9-13(12)17(2,3)4/h6-11,14,18H,5H2,1-4H3. The summed E-state index contributed by atoms with van der Waals surface area (Å²) in [4.78, 5) is 0. The van der Waals surface area contributed by atoms with Gasteiger partial charge in [0.2, 0.25) is 0 Å². The Morgan fingerprint density at radius 1 is 1.11 bits per heavy atom. The van der Waals surface area contributed by atoms with Crippen molar-refractivity contribution in [2.45, 2.75) is 45.6 Å². The lowest BCUT2D eigenvalue weighted by Crippen LogP contribution is -2.12. The second-order valence-electron chi connectivity index (χ2n) is 5.92. The van der Waals surface area contributed by atoms with Crippen LogP contribution < -0.4 is 0 Å². The van der Waals surface area contributed by atoms with Crippen molar-refractivity contribution < 1.29 is 9.52 Å². The van der Waals surface area contributed by atoms with Crippen molar-refractivity contribution in [3.05, 3.63) is 47.7 Å². The average Bonchev–Trinajstić information content (AvgIpc) is 2.86. The summed E-state index contributed by atoms with van der Waals surface area (Å²) in [7, 11) is 0. The van der Waals surface area contributed by atoms with Gasteiger partial charge < -0.3 is 9.52 Å². The van der Waals surface area contributed by atoms with Crippen molar-refractivity contribution in [3.8, 4) is 11.3 Å². The lowest BCUT2D eigenvalue weighted by Gasteiger charge is -2.22. The summed E-state index contributed by atoms with van der Waals surface area (Å²) in [5.74, 6) is 1.47. The molecule has 1 aromatic heterocycles. The Balaban J connectivity index is 2.45. The third-order valence-electron chi connectivity index (χ3n) is 3.34. The molecule has 102 valence electrons. The van der Waals surface area contributed by atoms with E-state index in [4.69, 9.17) is 4.42 Å². The van der Waals surface area contributed by atoms with Crippen LogP contribution in [0.15, 0.2) is 40.8 Å². The van der Waals surface area contributed by atoms with E-state index in [2.05, 4.69) is 39.0 Å². The minimum absolute atomic E-state index is 0.0624. The van der Waals surface area contributed by atoms with Crippen LogP contribution in [0, 0.1) is 0 Å². The number of aliphatic hydroxyl groups is 1. The molecule has 2 rings (SSSR count). The fourth-order valence-electron chi connectivity index (χ4n) is 2.23. The monoisotopic (exact) mass is 258 g/mol. The molecule has 0 saturated carbocycles. The van der Waals surface area contributed by atoms with Crippen LogP contribution in [0.3, 0.4) is 0 Å². The molecule has 0 aliphatic heterocycles. The van der Waals surface area contributed by atoms with Crippen molar-refractivity contribution in [1.29, 1.82) is 0 Å². The molecule has 1 N–H and O–H groups in total. The maximum absolute atomic E-state index is 9.82. The number of hydrogen-bond donors (Lipinski definition) is 1. The first-order chi connectivity index (χ1) is 8.93. The van der Waals surface area contributed by atoms with Gasteiger partial charge >= 0.3 is 0 Å². The number of hydrogen-bond acceptors (Lipinski definition) is 2. The van der Waals surface area contributed by atoms with E-state index < -0.39 is 6.10 Å². The fourth-order valence-corrected chi connectivity index (χ4v) is 2.23. The maximum atomic E-state index is 9.82. The van der Waals surface area contributed by atoms with Gasteiger partial charge in [0.15, 0.2) is 0 Å². The first kappa shape index (κ1) is 13.9. The van der Waals surface area contributed by atoms with Crippen molar-refractivity contribution in [2.75, 3.05) is 0 Å². The first-order valence-electron chi connectivity index (χ1n) is 6.81. The molecule has 1 aromatic carbocycles. The van der Waals surface area contributed by atoms with E-state index in [1.165, 1.54) is 5.56 Å². The van der Waals surface area contributed by atoms with Crippen LogP contribution in [0.5, 0.6) is 0 Å². The summed E-state index contributed by atoms with van der Waals surface area (Å²) in [5.41, 5.74) is 2.42. The number of benzene rings is 1. The molecule has 0 spiro atoms. The highest BCUT2D eigenvalue weighted by Gasteiger charge is 2.20. The van der Waals surface area contributed by atoms with Gasteiger partial charge in [0.05, 0.1) is 0 Å². The Hall–Kier alpha value is -1.54. The molecule has 1 atom stereocenters. The summed E-state index contributed by atoms with van der Waals surface area (Å²) >= 11 is 0. The topological polar surface area (TPSA) is 33.4 Å². The van der Waals surface area contributed by atoms with Crippen LogP contribution in [0.4, 0.5) is 0 Å². The third kappa shape index (κ3) is 2.90. The quantitative estimate of drug-likeness (QED) is 0.866. The zero-order valence-electron chi connectivity index (χ0n) is 12.1. The highest BCUT2D eigenvalue weighted by Crippen LogP contribution is 2.34. The van der Waals surface area contributed by atoms with Gasteiger partial charge in [0.1, 0.15) is 17.6 Å². The molecule has 0 fully saturated rings. The molecular formula is C17H22O2. The van der Waals surface area contributed by atoms with Crippen LogP contribution in [0.1, 0.15) is 51.5 Å². The van der Waals surface area contributed by atoms with Gasteiger partial charge in [-0.2, -0.15) is 0 Å². The molecule has 0 bridgehead atoms. The number of aliphatic hydroxyl groups excluding tert-OH is 1. The van der Waals surface area contributed by atoms with Crippen LogP contribution in [0.2, 0.25) is 0 Å². The van der Waals surface area contributed by atoms with E-state index in [1.54, 1.807) is 0 Å². The summed E-state index contributed by atoms with van der Waals surface area (Å²) in [6.45, 7) is 8.51. The van der Waals surface area contributed by atoms with Crippen LogP contribution >= 0.6 is 0 Å². The Morgan fingerprint density at radius 3 is 2.42 bits per heavy atom. The Bertz CT molecular complexity index is 546. The fraction of sp³-hybridized carbons (Fsp3) is 0.412. The highest BCUT2D eigenvalue weighted by atomic mass is 16.4. The normalized spacial score (nSPS) is 13.5. The minimum Gasteiger partial charge on any atom is -0.458 e. The van der Waals surface area contributed by atoms with Gasteiger partial charge in [-0.3, -0.25) is 0 Å². The molecule has 0 amide bonds. The van der Waals surface area contributed by atoms with Gasteiger partial charge in [-0.15, -0.1) is 0 Å². The smallest absolute Gasteiger partial charge is 0.134 e. The number of furan rings is 1. The van der Waals surface area contributed by atoms with Gasteiger partial charge in [0, 0.05) is 5.56 Å². The predicted octanol–water partition coefficient (Wildman–Crippen LogP) is 4.69. The van der Waals surface area contributed by atoms with E-state index in [0.717, 1.165) is 11.3 Å². The summed E-state index contributed by atoms with van der Waals surface area (Å²) in [6, 6.07) is 12.1. The molecular weight excluding hydrogens is 236 g/mol. The SMILES string of the molecule is CCC(O)c1ccc(-c2ccccc2C(C)(C)C)o1. The first-order valence-corrected chi connectivity index (χ1v) is 6.81. The van der Waals surface area contributed by atoms with E-state index in [-0.39, 0.29) is 5.41 Å². The number of rotatable bonds is 3. The Morgan fingerprint density at radius 2 is 1.79 bits per heavy atom. The summed E-state index contributed by atoms with van der Waals surface area (Å²) in [6.07, 6.45) is 0.143. The van der Waals surface area contributed by atoms with Gasteiger partial charge in [-0.1, -0.05) is 52.0 Å². The van der Waals surface area contributed by atoms with E-state index in [1.807, 2.05) is 25.1 Å². The molecule has 19 heavy (non-hydrogen) atoms. The molecule has 1 unspecified atom stereocenters. The lowest BCUT2D eigenvalue weighted by atomic mass is 9.83. The zero-order valence-corrected chi connectivity index (χ0v) is 12.1. The predicted molar refractivity (Wildman–Crippen MR) is 78.1 cm³/mol. The third-order valence-corrected chi connectivity index (χ3v) is 3.34. The molecule has 0 aliphatic carbocycles. The summed E-state index contributed by atoms with van der Waals surface area (Å²) < 4.78 is 5.81. The van der Waals surface area contributed by atoms with Crippen LogP contribution in [-0.2, 0) is 5.41 Å². The van der Waals surface area contributed by atoms with Crippen LogP contribution in [-0.4, -0.2) is 5.11 Å². The molecule has 0 radical (unpaired) electrons. The molecule has 0 saturated heterocycles. The summed E-state index contributed by atoms with van der Waals surface area (Å²) in [5, 5.41) is 9.82. The van der Waals surface area contributed by atoms with Gasteiger partial charge in [-0.25, -0.2) is 0 Å². The van der Waals surface area contributed by atoms with Crippen molar-refractivity contribution in [1.82, 2.24) is 0 Å². The van der Waals surface area contributed by atoms with Crippen molar-refractivity contribution >= 4 is 0 Å². The molecule has 0 aliphatic rings. The minimum atomic E-state index is -0.518. The Labute approximate surface area is 115 Å². The highest BCUT2D eigenvalue weighted by molar-refractivity contribution is 5.64. The second-order valence-corrected chi connectivity index (χ2v) is 5.92. The zero-order chi connectivity index (χ0) is 14.0. The van der Waals surface area contributed by atoms with Crippen molar-refractivity contribution in [2.24, 2.45) is 0 Å². The van der Waals surface area contributed by atoms with E-state index >= 15 is 0 Å². The van der Waals surface area contributed by atoms with Gasteiger partial charge in [0.25, 0.3) is 0 Å². The molecule has 2 heteroatoms. The second kappa shape index (κ2) is 5.22. The largest absolute Gasteiger partial charge is 0.458 e.